The molecule has 4 nitrogen and oxygen atoms in total. The lowest BCUT2D eigenvalue weighted by molar-refractivity contribution is 0.102. The Labute approximate surface area is 130 Å². The van der Waals surface area contributed by atoms with Crippen LogP contribution in [0.5, 0.6) is 0 Å². The van der Waals surface area contributed by atoms with Gasteiger partial charge in [0.2, 0.25) is 0 Å². The van der Waals surface area contributed by atoms with Gasteiger partial charge in [0.1, 0.15) is 0 Å². The average Bonchev–Trinajstić information content (AvgIpc) is 2.50. The molecule has 112 valence electrons. The lowest BCUT2D eigenvalue weighted by Crippen LogP contribution is -2.16. The molecule has 0 aromatic heterocycles. The number of aryl methyl sites for hydroxylation is 1. The Bertz CT molecular complexity index is 757. The number of carbonyl (C=O) groups excluding carboxylic acids is 1. The molecule has 0 saturated carbocycles. The van der Waals surface area contributed by atoms with E-state index in [0.29, 0.717) is 16.9 Å². The smallest absolute Gasteiger partial charge is 0.255 e. The fourth-order valence-corrected chi connectivity index (χ4v) is 2.04. The van der Waals surface area contributed by atoms with E-state index in [9.17, 15) is 10.1 Å². The Morgan fingerprint density at radius 1 is 1.23 bits per heavy atom. The van der Waals surface area contributed by atoms with Crippen LogP contribution in [-0.2, 0) is 5.41 Å². The predicted octanol–water partition coefficient (Wildman–Crippen LogP) is 3.63. The standard InChI is InChI=1S/C18H19N3O/c1-12-7-8-13(9-16(12)20)17(22)21-15-6-4-5-14(10-15)18(2,3)11-19/h4-10H,20H2,1-3H3,(H,21,22). The van der Waals surface area contributed by atoms with E-state index in [0.717, 1.165) is 11.1 Å². The van der Waals surface area contributed by atoms with Crippen LogP contribution >= 0.6 is 0 Å². The molecule has 4 heteroatoms. The molecule has 3 N–H and O–H groups in total. The molecule has 0 saturated heterocycles. The van der Waals surface area contributed by atoms with Crippen molar-refractivity contribution in [1.82, 2.24) is 0 Å². The molecule has 0 radical (unpaired) electrons. The number of nitrogen functional groups attached to an aromatic ring is 1. The molecular formula is C18H19N3O. The van der Waals surface area contributed by atoms with Crippen molar-refractivity contribution in [2.45, 2.75) is 26.2 Å². The number of nitrogens with one attached hydrogen (secondary N) is 1. The number of rotatable bonds is 3. The molecule has 0 aliphatic heterocycles. The largest absolute Gasteiger partial charge is 0.398 e. The first-order valence-electron chi connectivity index (χ1n) is 7.03. The monoisotopic (exact) mass is 293 g/mol. The highest BCUT2D eigenvalue weighted by Crippen LogP contribution is 2.25. The maximum atomic E-state index is 12.3. The molecular weight excluding hydrogens is 274 g/mol. The van der Waals surface area contributed by atoms with Crippen molar-refractivity contribution in [3.63, 3.8) is 0 Å². The Hall–Kier alpha value is -2.80. The molecule has 0 bridgehead atoms. The van der Waals surface area contributed by atoms with E-state index in [1.54, 1.807) is 18.2 Å². The molecule has 0 fully saturated rings. The third-order valence-electron chi connectivity index (χ3n) is 3.66. The van der Waals surface area contributed by atoms with Gasteiger partial charge >= 0.3 is 0 Å². The summed E-state index contributed by atoms with van der Waals surface area (Å²) in [6.45, 7) is 5.58. The summed E-state index contributed by atoms with van der Waals surface area (Å²) >= 11 is 0. The highest BCUT2D eigenvalue weighted by Gasteiger charge is 2.20. The van der Waals surface area contributed by atoms with E-state index in [-0.39, 0.29) is 5.91 Å². The van der Waals surface area contributed by atoms with Crippen molar-refractivity contribution in [2.24, 2.45) is 0 Å². The van der Waals surface area contributed by atoms with Crippen molar-refractivity contribution < 1.29 is 4.79 Å². The number of carbonyl (C=O) groups is 1. The van der Waals surface area contributed by atoms with Crippen LogP contribution in [0.1, 0.15) is 35.3 Å². The summed E-state index contributed by atoms with van der Waals surface area (Å²) in [5.41, 5.74) is 8.78. The Kier molecular flexibility index (Phi) is 4.18. The van der Waals surface area contributed by atoms with E-state index in [1.165, 1.54) is 0 Å². The average molecular weight is 293 g/mol. The van der Waals surface area contributed by atoms with Crippen LogP contribution in [0.15, 0.2) is 42.5 Å². The summed E-state index contributed by atoms with van der Waals surface area (Å²) in [5.74, 6) is -0.224. The number of anilines is 2. The Morgan fingerprint density at radius 2 is 1.95 bits per heavy atom. The van der Waals surface area contributed by atoms with E-state index in [1.807, 2.05) is 45.0 Å². The van der Waals surface area contributed by atoms with Crippen LogP contribution in [0.2, 0.25) is 0 Å². The quantitative estimate of drug-likeness (QED) is 0.848. The zero-order chi connectivity index (χ0) is 16.3. The minimum absolute atomic E-state index is 0.224. The first-order chi connectivity index (χ1) is 10.3. The number of nitrogens with two attached hydrogens (primary N) is 1. The summed E-state index contributed by atoms with van der Waals surface area (Å²) in [6.07, 6.45) is 0. The van der Waals surface area contributed by atoms with Gasteiger partial charge in [-0.25, -0.2) is 0 Å². The zero-order valence-electron chi connectivity index (χ0n) is 13.0. The molecule has 0 aliphatic rings. The van der Waals surface area contributed by atoms with E-state index in [4.69, 9.17) is 5.73 Å². The van der Waals surface area contributed by atoms with Gasteiger partial charge in [0.15, 0.2) is 0 Å². The van der Waals surface area contributed by atoms with Crippen molar-refractivity contribution in [3.05, 3.63) is 59.2 Å². The zero-order valence-corrected chi connectivity index (χ0v) is 13.0. The van der Waals surface area contributed by atoms with Crippen LogP contribution in [0.3, 0.4) is 0 Å². The molecule has 0 unspecified atom stereocenters. The molecule has 2 aromatic carbocycles. The highest BCUT2D eigenvalue weighted by molar-refractivity contribution is 6.04. The summed E-state index contributed by atoms with van der Waals surface area (Å²) in [6, 6.07) is 14.8. The third-order valence-corrected chi connectivity index (χ3v) is 3.66. The summed E-state index contributed by atoms with van der Waals surface area (Å²) in [4.78, 5) is 12.3. The lowest BCUT2D eigenvalue weighted by atomic mass is 9.86. The molecule has 22 heavy (non-hydrogen) atoms. The van der Waals surface area contributed by atoms with E-state index < -0.39 is 5.41 Å². The fourth-order valence-electron chi connectivity index (χ4n) is 2.04. The first-order valence-corrected chi connectivity index (χ1v) is 7.03. The third kappa shape index (κ3) is 3.26. The maximum Gasteiger partial charge on any atom is 0.255 e. The van der Waals surface area contributed by atoms with Crippen LogP contribution < -0.4 is 11.1 Å². The van der Waals surface area contributed by atoms with E-state index in [2.05, 4.69) is 11.4 Å². The second kappa shape index (κ2) is 5.90. The second-order valence-corrected chi connectivity index (χ2v) is 5.84. The van der Waals surface area contributed by atoms with Gasteiger partial charge in [0, 0.05) is 16.9 Å². The number of nitriles is 1. The summed E-state index contributed by atoms with van der Waals surface area (Å²) in [5, 5.41) is 12.0. The van der Waals surface area contributed by atoms with Crippen molar-refractivity contribution in [2.75, 3.05) is 11.1 Å². The highest BCUT2D eigenvalue weighted by atomic mass is 16.1. The van der Waals surface area contributed by atoms with Gasteiger partial charge in [-0.1, -0.05) is 18.2 Å². The Balaban J connectivity index is 2.24. The van der Waals surface area contributed by atoms with Crippen molar-refractivity contribution >= 4 is 17.3 Å². The lowest BCUT2D eigenvalue weighted by Gasteiger charge is -2.17. The molecule has 0 aliphatic carbocycles. The molecule has 0 spiro atoms. The van der Waals surface area contributed by atoms with E-state index >= 15 is 0 Å². The van der Waals surface area contributed by atoms with Crippen molar-refractivity contribution in [1.29, 1.82) is 5.26 Å². The minimum Gasteiger partial charge on any atom is -0.398 e. The van der Waals surface area contributed by atoms with Crippen LogP contribution in [-0.4, -0.2) is 5.91 Å². The SMILES string of the molecule is Cc1ccc(C(=O)Nc2cccc(C(C)(C)C#N)c2)cc1N. The first kappa shape index (κ1) is 15.6. The molecule has 2 aromatic rings. The van der Waals surface area contributed by atoms with Crippen LogP contribution in [0.4, 0.5) is 11.4 Å². The normalized spacial score (nSPS) is 10.8. The van der Waals surface area contributed by atoms with Gasteiger partial charge in [0.05, 0.1) is 11.5 Å². The van der Waals surface area contributed by atoms with Crippen LogP contribution in [0, 0.1) is 18.3 Å². The molecule has 0 heterocycles. The number of amides is 1. The summed E-state index contributed by atoms with van der Waals surface area (Å²) < 4.78 is 0. The number of benzene rings is 2. The Morgan fingerprint density at radius 3 is 2.59 bits per heavy atom. The van der Waals surface area contributed by atoms with Gasteiger partial charge in [-0.05, 0) is 56.2 Å². The fraction of sp³-hybridized carbons (Fsp3) is 0.222. The molecule has 1 amide bonds. The van der Waals surface area contributed by atoms with Crippen molar-refractivity contribution in [3.8, 4) is 6.07 Å². The minimum atomic E-state index is -0.602. The number of hydrogen-bond donors (Lipinski definition) is 2. The van der Waals surface area contributed by atoms with Gasteiger partial charge in [-0.2, -0.15) is 5.26 Å². The van der Waals surface area contributed by atoms with Gasteiger partial charge in [0.25, 0.3) is 5.91 Å². The van der Waals surface area contributed by atoms with Gasteiger partial charge in [-0.15, -0.1) is 0 Å². The maximum absolute atomic E-state index is 12.3. The number of hydrogen-bond acceptors (Lipinski definition) is 3. The van der Waals surface area contributed by atoms with Crippen LogP contribution in [0.25, 0.3) is 0 Å². The predicted molar refractivity (Wildman–Crippen MR) is 88.6 cm³/mol. The second-order valence-electron chi connectivity index (χ2n) is 5.84. The molecule has 2 rings (SSSR count). The van der Waals surface area contributed by atoms with Gasteiger partial charge < -0.3 is 11.1 Å². The molecule has 0 atom stereocenters. The summed E-state index contributed by atoms with van der Waals surface area (Å²) in [7, 11) is 0. The van der Waals surface area contributed by atoms with Gasteiger partial charge in [-0.3, -0.25) is 4.79 Å². The number of nitrogens with zero attached hydrogens (tertiary/aromatic N) is 1. The topological polar surface area (TPSA) is 78.9 Å².